The number of fused-ring (bicyclic) bond motifs is 9. The maximum absolute atomic E-state index is 9.78. The predicted molar refractivity (Wildman–Crippen MR) is 162 cm³/mol. The van der Waals surface area contributed by atoms with Gasteiger partial charge in [0.1, 0.15) is 12.1 Å². The summed E-state index contributed by atoms with van der Waals surface area (Å²) in [5, 5.41) is 26.3. The van der Waals surface area contributed by atoms with Crippen LogP contribution in [0, 0.1) is 22.7 Å². The zero-order valence-corrected chi connectivity index (χ0v) is 21.3. The molecule has 6 aromatic carbocycles. The van der Waals surface area contributed by atoms with Crippen LogP contribution in [0.1, 0.15) is 11.1 Å². The molecule has 8 aromatic rings. The van der Waals surface area contributed by atoms with Crippen LogP contribution in [-0.2, 0) is 0 Å². The Hall–Kier alpha value is -5.84. The normalized spacial score (nSPS) is 11.4. The summed E-state index contributed by atoms with van der Waals surface area (Å²) in [6.07, 6.45) is 0. The molecule has 0 saturated heterocycles. The van der Waals surface area contributed by atoms with Gasteiger partial charge in [-0.15, -0.1) is 0 Å². The third-order valence-electron chi connectivity index (χ3n) is 7.98. The van der Waals surface area contributed by atoms with E-state index in [2.05, 4.69) is 112 Å². The molecule has 0 aliphatic rings. The summed E-state index contributed by atoms with van der Waals surface area (Å²) < 4.78 is 4.59. The summed E-state index contributed by atoms with van der Waals surface area (Å²) in [4.78, 5) is 0. The molecule has 2 aromatic heterocycles. The average molecular weight is 509 g/mol. The maximum Gasteiger partial charge on any atom is 0.101 e. The number of benzene rings is 6. The summed E-state index contributed by atoms with van der Waals surface area (Å²) in [6, 6.07) is 46.2. The molecule has 0 N–H and O–H groups in total. The van der Waals surface area contributed by atoms with Crippen molar-refractivity contribution in [2.45, 2.75) is 0 Å². The summed E-state index contributed by atoms with van der Waals surface area (Å²) in [5.74, 6) is 0. The van der Waals surface area contributed by atoms with Crippen molar-refractivity contribution in [1.29, 1.82) is 10.5 Å². The number of hydrogen-bond donors (Lipinski definition) is 0. The fraction of sp³-hybridized carbons (Fsp3) is 0. The van der Waals surface area contributed by atoms with Gasteiger partial charge < -0.3 is 9.13 Å². The maximum atomic E-state index is 9.78. The molecule has 4 heteroatoms. The molecule has 0 aliphatic carbocycles. The van der Waals surface area contributed by atoms with Crippen LogP contribution in [0.15, 0.2) is 121 Å². The van der Waals surface area contributed by atoms with Gasteiger partial charge in [0.15, 0.2) is 0 Å². The molecule has 4 nitrogen and oxygen atoms in total. The molecule has 0 bridgehead atoms. The Kier molecular flexibility index (Phi) is 4.62. The Morgan fingerprint density at radius 1 is 0.400 bits per heavy atom. The van der Waals surface area contributed by atoms with Crippen LogP contribution in [0.4, 0.5) is 0 Å². The molecular weight excluding hydrogens is 488 g/mol. The fourth-order valence-electron chi connectivity index (χ4n) is 6.30. The predicted octanol–water partition coefficient (Wildman–Crippen LogP) is 8.78. The molecule has 0 fully saturated rings. The first-order valence-corrected chi connectivity index (χ1v) is 13.2. The van der Waals surface area contributed by atoms with Gasteiger partial charge in [0.25, 0.3) is 0 Å². The SMILES string of the molecule is N#Cc1ccc(-n2c3ccccc3c3ccc4c(ccc5c6ccccc6n(-c6ccccc6)c54)c32)cc1C#N. The minimum absolute atomic E-state index is 0.373. The summed E-state index contributed by atoms with van der Waals surface area (Å²) in [6.45, 7) is 0. The molecule has 40 heavy (non-hydrogen) atoms. The summed E-state index contributed by atoms with van der Waals surface area (Å²) in [7, 11) is 0. The van der Waals surface area contributed by atoms with E-state index in [0.717, 1.165) is 44.0 Å². The van der Waals surface area contributed by atoms with Gasteiger partial charge >= 0.3 is 0 Å². The van der Waals surface area contributed by atoms with Crippen molar-refractivity contribution in [1.82, 2.24) is 9.13 Å². The molecule has 0 amide bonds. The van der Waals surface area contributed by atoms with Crippen molar-refractivity contribution in [2.24, 2.45) is 0 Å². The monoisotopic (exact) mass is 508 g/mol. The van der Waals surface area contributed by atoms with Gasteiger partial charge in [0.2, 0.25) is 0 Å². The molecule has 0 saturated carbocycles. The lowest BCUT2D eigenvalue weighted by Gasteiger charge is -2.13. The van der Waals surface area contributed by atoms with Crippen LogP contribution in [0.5, 0.6) is 0 Å². The van der Waals surface area contributed by atoms with Gasteiger partial charge in [-0.1, -0.05) is 78.9 Å². The second-order valence-corrected chi connectivity index (χ2v) is 10.0. The van der Waals surface area contributed by atoms with Gasteiger partial charge in [-0.25, -0.2) is 0 Å². The Morgan fingerprint density at radius 2 is 0.875 bits per heavy atom. The number of nitriles is 2. The lowest BCUT2D eigenvalue weighted by Crippen LogP contribution is -1.97. The van der Waals surface area contributed by atoms with Gasteiger partial charge in [-0.3, -0.25) is 0 Å². The lowest BCUT2D eigenvalue weighted by atomic mass is 10.0. The first-order valence-electron chi connectivity index (χ1n) is 13.2. The lowest BCUT2D eigenvalue weighted by molar-refractivity contribution is 1.18. The van der Waals surface area contributed by atoms with Crippen molar-refractivity contribution < 1.29 is 0 Å². The summed E-state index contributed by atoms with van der Waals surface area (Å²) >= 11 is 0. The van der Waals surface area contributed by atoms with Crippen molar-refractivity contribution in [2.75, 3.05) is 0 Å². The third kappa shape index (κ3) is 2.93. The highest BCUT2D eigenvalue weighted by Gasteiger charge is 2.20. The second-order valence-electron chi connectivity index (χ2n) is 10.0. The van der Waals surface area contributed by atoms with Crippen LogP contribution in [0.3, 0.4) is 0 Å². The van der Waals surface area contributed by atoms with E-state index < -0.39 is 0 Å². The standard InChI is InChI=1S/C36H20N4/c37-21-23-14-15-26(20-24(23)22-38)40-34-13-7-5-11-28(34)30-17-18-31-32(36(30)40)19-16-29-27-10-4-6-12-33(27)39(35(29)31)25-8-2-1-3-9-25/h1-20H. The number of nitrogens with zero attached hydrogens (tertiary/aromatic N) is 4. The largest absolute Gasteiger partial charge is 0.309 e. The van der Waals surface area contributed by atoms with Crippen molar-refractivity contribution >= 4 is 54.4 Å². The van der Waals surface area contributed by atoms with Crippen LogP contribution >= 0.6 is 0 Å². The van der Waals surface area contributed by atoms with Crippen molar-refractivity contribution in [3.8, 4) is 23.5 Å². The molecular formula is C36H20N4. The van der Waals surface area contributed by atoms with Crippen LogP contribution in [0.25, 0.3) is 65.8 Å². The second kappa shape index (κ2) is 8.33. The van der Waals surface area contributed by atoms with Crippen molar-refractivity contribution in [3.63, 3.8) is 0 Å². The molecule has 0 atom stereocenters. The highest BCUT2D eigenvalue weighted by molar-refractivity contribution is 6.26. The van der Waals surface area contributed by atoms with Gasteiger partial charge in [-0.05, 0) is 42.5 Å². The van der Waals surface area contributed by atoms with E-state index in [1.54, 1.807) is 6.07 Å². The number of aromatic nitrogens is 2. The van der Waals surface area contributed by atoms with E-state index in [-0.39, 0.29) is 0 Å². The van der Waals surface area contributed by atoms with Gasteiger partial charge in [-0.2, -0.15) is 10.5 Å². The van der Waals surface area contributed by atoms with E-state index in [1.165, 1.54) is 21.8 Å². The van der Waals surface area contributed by atoms with E-state index >= 15 is 0 Å². The minimum atomic E-state index is 0.373. The topological polar surface area (TPSA) is 57.4 Å². The van der Waals surface area contributed by atoms with E-state index in [1.807, 2.05) is 24.3 Å². The van der Waals surface area contributed by atoms with Crippen LogP contribution in [0.2, 0.25) is 0 Å². The minimum Gasteiger partial charge on any atom is -0.309 e. The third-order valence-corrected chi connectivity index (χ3v) is 7.98. The van der Waals surface area contributed by atoms with Crippen LogP contribution in [-0.4, -0.2) is 9.13 Å². The van der Waals surface area contributed by atoms with Crippen molar-refractivity contribution in [3.05, 3.63) is 132 Å². The molecule has 0 radical (unpaired) electrons. The van der Waals surface area contributed by atoms with E-state index in [9.17, 15) is 10.5 Å². The van der Waals surface area contributed by atoms with Gasteiger partial charge in [0.05, 0.1) is 33.2 Å². The highest BCUT2D eigenvalue weighted by Crippen LogP contribution is 2.42. The Bertz CT molecular complexity index is 2390. The van der Waals surface area contributed by atoms with E-state index in [0.29, 0.717) is 11.1 Å². The summed E-state index contributed by atoms with van der Waals surface area (Å²) in [5.41, 5.74) is 7.21. The highest BCUT2D eigenvalue weighted by atomic mass is 15.0. The Balaban J connectivity index is 1.58. The number of rotatable bonds is 2. The zero-order chi connectivity index (χ0) is 26.8. The molecule has 8 rings (SSSR count). The van der Waals surface area contributed by atoms with Crippen LogP contribution < -0.4 is 0 Å². The Morgan fingerprint density at radius 3 is 1.43 bits per heavy atom. The molecule has 2 heterocycles. The first kappa shape index (κ1) is 22.2. The smallest absolute Gasteiger partial charge is 0.101 e. The fourth-order valence-corrected chi connectivity index (χ4v) is 6.30. The average Bonchev–Trinajstić information content (AvgIpc) is 3.54. The van der Waals surface area contributed by atoms with Gasteiger partial charge in [0, 0.05) is 43.7 Å². The number of hydrogen-bond acceptors (Lipinski definition) is 2. The van der Waals surface area contributed by atoms with E-state index in [4.69, 9.17) is 0 Å². The molecule has 184 valence electrons. The molecule has 0 aliphatic heterocycles. The Labute approximate surface area is 229 Å². The first-order chi connectivity index (χ1) is 19.8. The zero-order valence-electron chi connectivity index (χ0n) is 21.3. The molecule has 0 unspecified atom stereocenters. The quantitative estimate of drug-likeness (QED) is 0.234. The molecule has 0 spiro atoms. The number of para-hydroxylation sites is 3.